The van der Waals surface area contributed by atoms with Crippen LogP contribution in [0.3, 0.4) is 0 Å². The molecular formula is C14H8N2O. The molecular weight excluding hydrogens is 212 g/mol. The van der Waals surface area contributed by atoms with Crippen LogP contribution in [0.15, 0.2) is 53.6 Å². The maximum atomic E-state index is 11.8. The Morgan fingerprint density at radius 3 is 2.82 bits per heavy atom. The van der Waals surface area contributed by atoms with Gasteiger partial charge in [-0.3, -0.25) is 9.78 Å². The van der Waals surface area contributed by atoms with Gasteiger partial charge in [0.15, 0.2) is 0 Å². The van der Waals surface area contributed by atoms with Crippen molar-refractivity contribution in [3.8, 4) is 0 Å². The topological polar surface area (TPSA) is 34.4 Å². The lowest BCUT2D eigenvalue weighted by Crippen LogP contribution is -2.03. The lowest BCUT2D eigenvalue weighted by Gasteiger charge is -1.97. The van der Waals surface area contributed by atoms with Crippen molar-refractivity contribution in [2.75, 3.05) is 0 Å². The predicted molar refractivity (Wildman–Crippen MR) is 67.7 cm³/mol. The molecule has 0 saturated carbocycles. The molecule has 17 heavy (non-hydrogen) atoms. The van der Waals surface area contributed by atoms with Crippen LogP contribution in [0.2, 0.25) is 0 Å². The van der Waals surface area contributed by atoms with Crippen molar-refractivity contribution in [1.82, 2.24) is 9.38 Å². The fourth-order valence-corrected chi connectivity index (χ4v) is 2.50. The third kappa shape index (κ3) is 0.959. The Labute approximate surface area is 96.3 Å². The number of pyridine rings is 2. The maximum Gasteiger partial charge on any atom is 0.207 e. The van der Waals surface area contributed by atoms with E-state index in [-0.39, 0.29) is 5.43 Å². The minimum Gasteiger partial charge on any atom is -0.314 e. The van der Waals surface area contributed by atoms with Gasteiger partial charge in [0.05, 0.1) is 11.0 Å². The van der Waals surface area contributed by atoms with E-state index in [1.165, 1.54) is 0 Å². The maximum absolute atomic E-state index is 11.8. The molecule has 4 rings (SSSR count). The van der Waals surface area contributed by atoms with E-state index in [1.807, 2.05) is 28.8 Å². The number of benzene rings is 1. The summed E-state index contributed by atoms with van der Waals surface area (Å²) in [6, 6.07) is 11.7. The van der Waals surface area contributed by atoms with Crippen LogP contribution in [0.25, 0.3) is 27.3 Å². The Bertz CT molecular complexity index is 874. The van der Waals surface area contributed by atoms with Crippen molar-refractivity contribution < 1.29 is 0 Å². The first-order valence-electron chi connectivity index (χ1n) is 5.46. The van der Waals surface area contributed by atoms with Crippen LogP contribution in [0, 0.1) is 0 Å². The third-order valence-electron chi connectivity index (χ3n) is 3.23. The number of hydrogen-bond donors (Lipinski definition) is 0. The normalized spacial score (nSPS) is 11.8. The highest BCUT2D eigenvalue weighted by atomic mass is 16.1. The number of rotatable bonds is 0. The smallest absolute Gasteiger partial charge is 0.207 e. The molecule has 0 bridgehead atoms. The van der Waals surface area contributed by atoms with E-state index in [1.54, 1.807) is 12.3 Å². The molecule has 0 radical (unpaired) electrons. The summed E-state index contributed by atoms with van der Waals surface area (Å²) in [4.78, 5) is 16.0. The van der Waals surface area contributed by atoms with Crippen LogP contribution in [0.4, 0.5) is 0 Å². The van der Waals surface area contributed by atoms with E-state index >= 15 is 0 Å². The van der Waals surface area contributed by atoms with Gasteiger partial charge in [-0.1, -0.05) is 18.2 Å². The molecule has 0 atom stereocenters. The summed E-state index contributed by atoms with van der Waals surface area (Å²) in [6.07, 6.45) is 3.52. The molecule has 1 aromatic carbocycles. The number of fused-ring (bicyclic) bond motifs is 3. The molecule has 0 fully saturated rings. The fourth-order valence-electron chi connectivity index (χ4n) is 2.50. The van der Waals surface area contributed by atoms with Crippen LogP contribution in [-0.4, -0.2) is 9.38 Å². The SMILES string of the molecule is O=c1ccn2c3ccccc3c3ccnc1c32. The van der Waals surface area contributed by atoms with Gasteiger partial charge in [-0.15, -0.1) is 0 Å². The van der Waals surface area contributed by atoms with Crippen molar-refractivity contribution in [3.63, 3.8) is 0 Å². The van der Waals surface area contributed by atoms with Crippen molar-refractivity contribution in [2.24, 2.45) is 0 Å². The number of aromatic nitrogens is 2. The van der Waals surface area contributed by atoms with Crippen molar-refractivity contribution in [2.45, 2.75) is 0 Å². The second-order valence-electron chi connectivity index (χ2n) is 4.12. The highest BCUT2D eigenvalue weighted by molar-refractivity contribution is 6.12. The van der Waals surface area contributed by atoms with Crippen molar-refractivity contribution >= 4 is 27.3 Å². The van der Waals surface area contributed by atoms with E-state index in [2.05, 4.69) is 17.1 Å². The van der Waals surface area contributed by atoms with E-state index < -0.39 is 0 Å². The average molecular weight is 220 g/mol. The Balaban J connectivity index is 2.54. The second-order valence-corrected chi connectivity index (χ2v) is 4.12. The summed E-state index contributed by atoms with van der Waals surface area (Å²) < 4.78 is 2.04. The van der Waals surface area contributed by atoms with Crippen LogP contribution in [0.1, 0.15) is 0 Å². The third-order valence-corrected chi connectivity index (χ3v) is 3.23. The van der Waals surface area contributed by atoms with Crippen LogP contribution in [0.5, 0.6) is 0 Å². The molecule has 80 valence electrons. The monoisotopic (exact) mass is 220 g/mol. The summed E-state index contributed by atoms with van der Waals surface area (Å²) in [7, 11) is 0. The lowest BCUT2D eigenvalue weighted by molar-refractivity contribution is 1.23. The van der Waals surface area contributed by atoms with Crippen molar-refractivity contribution in [3.05, 3.63) is 59.0 Å². The fraction of sp³-hybridized carbons (Fsp3) is 0. The van der Waals surface area contributed by atoms with Crippen LogP contribution in [-0.2, 0) is 0 Å². The van der Waals surface area contributed by atoms with Gasteiger partial charge in [0.25, 0.3) is 0 Å². The highest BCUT2D eigenvalue weighted by Crippen LogP contribution is 2.28. The molecule has 0 aliphatic rings. The number of para-hydroxylation sites is 1. The minimum absolute atomic E-state index is 0.0223. The van der Waals surface area contributed by atoms with Gasteiger partial charge in [-0.05, 0) is 12.1 Å². The van der Waals surface area contributed by atoms with Gasteiger partial charge in [0.1, 0.15) is 5.52 Å². The summed E-state index contributed by atoms with van der Waals surface area (Å²) in [6.45, 7) is 0. The molecule has 0 spiro atoms. The standard InChI is InChI=1S/C14H8N2O/c17-12-6-8-16-11-4-2-1-3-9(11)10-5-7-15-13(12)14(10)16/h1-8H. The molecule has 4 aromatic rings. The van der Waals surface area contributed by atoms with Gasteiger partial charge >= 0.3 is 0 Å². The molecule has 3 aromatic heterocycles. The molecule has 0 amide bonds. The lowest BCUT2D eigenvalue weighted by atomic mass is 10.2. The van der Waals surface area contributed by atoms with E-state index in [0.29, 0.717) is 5.52 Å². The Morgan fingerprint density at radius 2 is 1.88 bits per heavy atom. The minimum atomic E-state index is -0.0223. The zero-order valence-corrected chi connectivity index (χ0v) is 8.92. The highest BCUT2D eigenvalue weighted by Gasteiger charge is 2.11. The molecule has 3 heterocycles. The summed E-state index contributed by atoms with van der Waals surface area (Å²) >= 11 is 0. The van der Waals surface area contributed by atoms with Gasteiger partial charge in [-0.2, -0.15) is 0 Å². The largest absolute Gasteiger partial charge is 0.314 e. The zero-order valence-electron chi connectivity index (χ0n) is 8.92. The van der Waals surface area contributed by atoms with Gasteiger partial charge < -0.3 is 4.40 Å². The quantitative estimate of drug-likeness (QED) is 0.456. The Morgan fingerprint density at radius 1 is 1.00 bits per heavy atom. The van der Waals surface area contributed by atoms with E-state index in [0.717, 1.165) is 21.8 Å². The molecule has 0 aliphatic heterocycles. The van der Waals surface area contributed by atoms with Crippen LogP contribution < -0.4 is 5.43 Å². The first-order chi connectivity index (χ1) is 8.36. The molecule has 0 N–H and O–H groups in total. The predicted octanol–water partition coefficient (Wildman–Crippen LogP) is 2.44. The van der Waals surface area contributed by atoms with Gasteiger partial charge in [0, 0.05) is 29.2 Å². The average Bonchev–Trinajstić information content (AvgIpc) is 2.70. The van der Waals surface area contributed by atoms with Crippen LogP contribution >= 0.6 is 0 Å². The van der Waals surface area contributed by atoms with Crippen molar-refractivity contribution in [1.29, 1.82) is 0 Å². The van der Waals surface area contributed by atoms with E-state index in [4.69, 9.17) is 0 Å². The molecule has 0 aliphatic carbocycles. The van der Waals surface area contributed by atoms with Gasteiger partial charge in [0.2, 0.25) is 5.43 Å². The molecule has 3 nitrogen and oxygen atoms in total. The second kappa shape index (κ2) is 2.83. The van der Waals surface area contributed by atoms with Gasteiger partial charge in [-0.25, -0.2) is 0 Å². The van der Waals surface area contributed by atoms with E-state index in [9.17, 15) is 4.79 Å². The molecule has 0 unspecified atom stereocenters. The molecule has 3 heteroatoms. The zero-order chi connectivity index (χ0) is 11.4. The summed E-state index contributed by atoms with van der Waals surface area (Å²) in [5, 5.41) is 2.24. The Hall–Kier alpha value is -2.42. The summed E-state index contributed by atoms with van der Waals surface area (Å²) in [5.74, 6) is 0. The number of hydrogen-bond acceptors (Lipinski definition) is 2. The first-order valence-corrected chi connectivity index (χ1v) is 5.46. The first kappa shape index (κ1) is 8.70. The Kier molecular flexibility index (Phi) is 1.45. The number of nitrogens with zero attached hydrogens (tertiary/aromatic N) is 2. The summed E-state index contributed by atoms with van der Waals surface area (Å²) in [5.41, 5.74) is 2.55. The molecule has 0 saturated heterocycles.